The zero-order valence-electron chi connectivity index (χ0n) is 12.4. The first-order valence-electron chi connectivity index (χ1n) is 6.95. The molecule has 0 amide bonds. The molecule has 3 rings (SSSR count). The van der Waals surface area contributed by atoms with Crippen LogP contribution in [-0.4, -0.2) is 27.7 Å². The third-order valence-electron chi connectivity index (χ3n) is 3.57. The maximum atomic E-state index is 12.6. The maximum Gasteiger partial charge on any atom is 0.360 e. The number of aromatic nitrogens is 2. The molecule has 1 N–H and O–H groups in total. The minimum Gasteiger partial charge on any atom is -0.505 e. The van der Waals surface area contributed by atoms with Crippen molar-refractivity contribution in [2.45, 2.75) is 6.54 Å². The molecule has 0 aliphatic heterocycles. The zero-order chi connectivity index (χ0) is 16.4. The number of pyridine rings is 2. The third kappa shape index (κ3) is 2.66. The number of carbonyl (C=O) groups is 1. The summed E-state index contributed by atoms with van der Waals surface area (Å²) in [6.07, 6.45) is 3.01. The second-order valence-electron chi connectivity index (χ2n) is 5.01. The van der Waals surface area contributed by atoms with Gasteiger partial charge in [-0.25, -0.2) is 9.78 Å². The minimum absolute atomic E-state index is 0.0545. The fraction of sp³-hybridized carbons (Fsp3) is 0.118. The van der Waals surface area contributed by atoms with Gasteiger partial charge >= 0.3 is 5.97 Å². The molecule has 2 heterocycles. The van der Waals surface area contributed by atoms with Gasteiger partial charge < -0.3 is 14.4 Å². The number of rotatable bonds is 3. The van der Waals surface area contributed by atoms with Crippen LogP contribution in [0.1, 0.15) is 16.1 Å². The Morgan fingerprint density at radius 3 is 2.70 bits per heavy atom. The van der Waals surface area contributed by atoms with E-state index in [-0.39, 0.29) is 11.1 Å². The highest BCUT2D eigenvalue weighted by Gasteiger charge is 2.18. The summed E-state index contributed by atoms with van der Waals surface area (Å²) in [7, 11) is 1.19. The predicted molar refractivity (Wildman–Crippen MR) is 84.6 cm³/mol. The summed E-state index contributed by atoms with van der Waals surface area (Å²) < 4.78 is 6.03. The molecular weight excluding hydrogens is 296 g/mol. The average molecular weight is 310 g/mol. The molecule has 0 spiro atoms. The molecule has 3 aromatic rings. The first-order chi connectivity index (χ1) is 11.1. The van der Waals surface area contributed by atoms with Gasteiger partial charge in [0.15, 0.2) is 11.4 Å². The molecule has 0 aliphatic rings. The van der Waals surface area contributed by atoms with Crippen LogP contribution in [0.5, 0.6) is 5.75 Å². The zero-order valence-corrected chi connectivity index (χ0v) is 12.4. The topological polar surface area (TPSA) is 81.4 Å². The van der Waals surface area contributed by atoms with E-state index in [9.17, 15) is 14.7 Å². The maximum absolute atomic E-state index is 12.6. The number of nitrogens with zero attached hydrogens (tertiary/aromatic N) is 2. The largest absolute Gasteiger partial charge is 0.505 e. The number of ether oxygens (including phenoxy) is 1. The molecule has 0 fully saturated rings. The highest BCUT2D eigenvalue weighted by Crippen LogP contribution is 2.24. The molecule has 0 saturated carbocycles. The lowest BCUT2D eigenvalue weighted by Gasteiger charge is -2.09. The van der Waals surface area contributed by atoms with Crippen LogP contribution in [0.25, 0.3) is 10.8 Å². The fourth-order valence-corrected chi connectivity index (χ4v) is 2.40. The smallest absolute Gasteiger partial charge is 0.360 e. The highest BCUT2D eigenvalue weighted by molar-refractivity contribution is 5.98. The fourth-order valence-electron chi connectivity index (χ4n) is 2.40. The van der Waals surface area contributed by atoms with Crippen LogP contribution in [-0.2, 0) is 11.3 Å². The number of fused-ring (bicyclic) bond motifs is 1. The number of carbonyl (C=O) groups excluding carboxylic acids is 1. The first-order valence-corrected chi connectivity index (χ1v) is 6.95. The minimum atomic E-state index is -0.790. The quantitative estimate of drug-likeness (QED) is 0.748. The van der Waals surface area contributed by atoms with E-state index in [0.717, 1.165) is 5.56 Å². The van der Waals surface area contributed by atoms with Crippen molar-refractivity contribution in [3.8, 4) is 5.75 Å². The summed E-state index contributed by atoms with van der Waals surface area (Å²) in [6, 6.07) is 11.2. The Labute approximate surface area is 131 Å². The second-order valence-corrected chi connectivity index (χ2v) is 5.01. The van der Waals surface area contributed by atoms with E-state index in [1.54, 1.807) is 12.3 Å². The van der Waals surface area contributed by atoms with Crippen molar-refractivity contribution in [1.29, 1.82) is 0 Å². The second kappa shape index (κ2) is 5.92. The van der Waals surface area contributed by atoms with Gasteiger partial charge in [0.25, 0.3) is 5.56 Å². The molecule has 116 valence electrons. The van der Waals surface area contributed by atoms with Crippen LogP contribution in [0.2, 0.25) is 0 Å². The van der Waals surface area contributed by atoms with Crippen LogP contribution >= 0.6 is 0 Å². The van der Waals surface area contributed by atoms with Crippen molar-refractivity contribution >= 4 is 16.7 Å². The summed E-state index contributed by atoms with van der Waals surface area (Å²) in [5.74, 6) is -1.25. The number of benzene rings is 1. The van der Waals surface area contributed by atoms with E-state index in [1.807, 2.05) is 30.3 Å². The van der Waals surface area contributed by atoms with Crippen molar-refractivity contribution in [2.75, 3.05) is 7.11 Å². The third-order valence-corrected chi connectivity index (χ3v) is 3.57. The molecule has 2 aromatic heterocycles. The molecule has 0 atom stereocenters. The van der Waals surface area contributed by atoms with Crippen molar-refractivity contribution < 1.29 is 14.6 Å². The molecular formula is C17H14N2O4. The lowest BCUT2D eigenvalue weighted by Crippen LogP contribution is -2.21. The Bertz CT molecular complexity index is 932. The number of hydrogen-bond donors (Lipinski definition) is 1. The predicted octanol–water partition coefficient (Wildman–Crippen LogP) is 1.94. The van der Waals surface area contributed by atoms with Gasteiger partial charge in [0, 0.05) is 17.8 Å². The van der Waals surface area contributed by atoms with E-state index < -0.39 is 17.3 Å². The number of hydrogen-bond acceptors (Lipinski definition) is 5. The first kappa shape index (κ1) is 14.8. The lowest BCUT2D eigenvalue weighted by molar-refractivity contribution is 0.0591. The molecule has 1 aromatic carbocycles. The monoisotopic (exact) mass is 310 g/mol. The molecule has 0 aliphatic carbocycles. The van der Waals surface area contributed by atoms with Gasteiger partial charge in [-0.15, -0.1) is 0 Å². The molecule has 6 heteroatoms. The van der Waals surface area contributed by atoms with Gasteiger partial charge in [-0.05, 0) is 11.6 Å². The molecule has 6 nitrogen and oxygen atoms in total. The summed E-state index contributed by atoms with van der Waals surface area (Å²) in [5.41, 5.74) is 0.293. The molecule has 0 saturated heterocycles. The Morgan fingerprint density at radius 2 is 2.00 bits per heavy atom. The van der Waals surface area contributed by atoms with Crippen LogP contribution in [0.3, 0.4) is 0 Å². The summed E-state index contributed by atoms with van der Waals surface area (Å²) in [5, 5.41) is 10.8. The standard InChI is InChI=1S/C17H14N2O4/c1-23-17(22)14-15(20)13-12(9-18-14)7-8-19(16(13)21)10-11-5-3-2-4-6-11/h2-9,20H,10H2,1H3. The molecule has 0 unspecified atom stereocenters. The molecule has 0 bridgehead atoms. The van der Waals surface area contributed by atoms with Crippen molar-refractivity contribution in [2.24, 2.45) is 0 Å². The average Bonchev–Trinajstić information content (AvgIpc) is 2.58. The summed E-state index contributed by atoms with van der Waals surface area (Å²) in [6.45, 7) is 0.366. The molecule has 23 heavy (non-hydrogen) atoms. The summed E-state index contributed by atoms with van der Waals surface area (Å²) in [4.78, 5) is 28.1. The summed E-state index contributed by atoms with van der Waals surface area (Å²) >= 11 is 0. The normalized spacial score (nSPS) is 10.7. The molecule has 0 radical (unpaired) electrons. The van der Waals surface area contributed by atoms with Crippen molar-refractivity contribution in [1.82, 2.24) is 9.55 Å². The van der Waals surface area contributed by atoms with Gasteiger partial charge in [-0.3, -0.25) is 4.79 Å². The Kier molecular flexibility index (Phi) is 3.80. The Balaban J connectivity index is 2.16. The number of aromatic hydroxyl groups is 1. The van der Waals surface area contributed by atoms with Gasteiger partial charge in [-0.1, -0.05) is 30.3 Å². The highest BCUT2D eigenvalue weighted by atomic mass is 16.5. The van der Waals surface area contributed by atoms with E-state index in [0.29, 0.717) is 11.9 Å². The number of esters is 1. The van der Waals surface area contributed by atoms with Gasteiger partial charge in [0.05, 0.1) is 19.0 Å². The van der Waals surface area contributed by atoms with Gasteiger partial charge in [-0.2, -0.15) is 0 Å². The van der Waals surface area contributed by atoms with E-state index in [1.165, 1.54) is 17.9 Å². The van der Waals surface area contributed by atoms with Crippen LogP contribution in [0.4, 0.5) is 0 Å². The van der Waals surface area contributed by atoms with Gasteiger partial charge in [0.1, 0.15) is 0 Å². The van der Waals surface area contributed by atoms with Crippen LogP contribution in [0.15, 0.2) is 53.6 Å². The van der Waals surface area contributed by atoms with Crippen LogP contribution in [0, 0.1) is 0 Å². The van der Waals surface area contributed by atoms with Crippen molar-refractivity contribution in [3.05, 3.63) is 70.4 Å². The Morgan fingerprint density at radius 1 is 1.26 bits per heavy atom. The van der Waals surface area contributed by atoms with E-state index in [2.05, 4.69) is 9.72 Å². The van der Waals surface area contributed by atoms with Crippen LogP contribution < -0.4 is 5.56 Å². The van der Waals surface area contributed by atoms with Crippen molar-refractivity contribution in [3.63, 3.8) is 0 Å². The van der Waals surface area contributed by atoms with E-state index >= 15 is 0 Å². The van der Waals surface area contributed by atoms with Gasteiger partial charge in [0.2, 0.25) is 0 Å². The number of methoxy groups -OCH3 is 1. The lowest BCUT2D eigenvalue weighted by atomic mass is 10.1. The Hall–Kier alpha value is -3.15. The SMILES string of the molecule is COC(=O)c1ncc2ccn(Cc3ccccc3)c(=O)c2c1O. The van der Waals surface area contributed by atoms with E-state index in [4.69, 9.17) is 0 Å².